The SMILES string of the molecule is COC(C)(C)CCN(C)CC#N. The Labute approximate surface area is 74.9 Å². The van der Waals surface area contributed by atoms with Gasteiger partial charge in [-0.2, -0.15) is 5.26 Å². The predicted octanol–water partition coefficient (Wildman–Crippen LogP) is 1.26. The molecular formula is C9H18N2O. The average Bonchev–Trinajstić information content (AvgIpc) is 2.02. The van der Waals surface area contributed by atoms with Crippen LogP contribution in [0.25, 0.3) is 0 Å². The molecule has 0 aliphatic heterocycles. The van der Waals surface area contributed by atoms with E-state index in [1.165, 1.54) is 0 Å². The highest BCUT2D eigenvalue weighted by atomic mass is 16.5. The normalized spacial score (nSPS) is 11.7. The average molecular weight is 170 g/mol. The van der Waals surface area contributed by atoms with Gasteiger partial charge in [-0.25, -0.2) is 0 Å². The van der Waals surface area contributed by atoms with Crippen molar-refractivity contribution in [2.75, 3.05) is 27.2 Å². The van der Waals surface area contributed by atoms with Crippen LogP contribution in [0.3, 0.4) is 0 Å². The zero-order valence-corrected chi connectivity index (χ0v) is 8.42. The fourth-order valence-electron chi connectivity index (χ4n) is 0.762. The van der Waals surface area contributed by atoms with Crippen molar-refractivity contribution in [3.8, 4) is 6.07 Å². The molecular weight excluding hydrogens is 152 g/mol. The van der Waals surface area contributed by atoms with Gasteiger partial charge in [-0.3, -0.25) is 4.90 Å². The van der Waals surface area contributed by atoms with Gasteiger partial charge in [0.05, 0.1) is 18.2 Å². The highest BCUT2D eigenvalue weighted by molar-refractivity contribution is 4.76. The van der Waals surface area contributed by atoms with Crippen molar-refractivity contribution in [1.29, 1.82) is 5.26 Å². The number of hydrogen-bond acceptors (Lipinski definition) is 3. The molecule has 0 saturated heterocycles. The van der Waals surface area contributed by atoms with Gasteiger partial charge in [-0.1, -0.05) is 0 Å². The van der Waals surface area contributed by atoms with Crippen molar-refractivity contribution in [3.05, 3.63) is 0 Å². The predicted molar refractivity (Wildman–Crippen MR) is 48.8 cm³/mol. The number of hydrogen-bond donors (Lipinski definition) is 0. The molecule has 0 rings (SSSR count). The molecule has 0 aliphatic rings. The minimum Gasteiger partial charge on any atom is -0.379 e. The fourth-order valence-corrected chi connectivity index (χ4v) is 0.762. The standard InChI is InChI=1S/C9H18N2O/c1-9(2,12-4)5-7-11(3)8-6-10/h5,7-8H2,1-4H3. The second-order valence-electron chi connectivity index (χ2n) is 3.61. The molecule has 0 unspecified atom stereocenters. The Balaban J connectivity index is 3.61. The number of ether oxygens (including phenoxy) is 1. The van der Waals surface area contributed by atoms with Crippen molar-refractivity contribution in [2.24, 2.45) is 0 Å². The summed E-state index contributed by atoms with van der Waals surface area (Å²) in [6, 6.07) is 2.11. The Morgan fingerprint density at radius 2 is 2.08 bits per heavy atom. The summed E-state index contributed by atoms with van der Waals surface area (Å²) in [5.74, 6) is 0. The van der Waals surface area contributed by atoms with E-state index in [1.54, 1.807) is 7.11 Å². The third-order valence-electron chi connectivity index (χ3n) is 1.99. The maximum absolute atomic E-state index is 8.40. The van der Waals surface area contributed by atoms with Gasteiger partial charge in [0, 0.05) is 13.7 Å². The Bertz CT molecular complexity index is 160. The molecule has 0 radical (unpaired) electrons. The largest absolute Gasteiger partial charge is 0.379 e. The topological polar surface area (TPSA) is 36.3 Å². The highest BCUT2D eigenvalue weighted by Crippen LogP contribution is 2.12. The fraction of sp³-hybridized carbons (Fsp3) is 0.889. The van der Waals surface area contributed by atoms with E-state index < -0.39 is 0 Å². The first-order valence-electron chi connectivity index (χ1n) is 4.12. The van der Waals surface area contributed by atoms with Crippen LogP contribution < -0.4 is 0 Å². The number of nitrogens with zero attached hydrogens (tertiary/aromatic N) is 2. The second kappa shape index (κ2) is 5.13. The molecule has 0 aromatic rings. The first-order chi connectivity index (χ1) is 5.52. The van der Waals surface area contributed by atoms with E-state index in [2.05, 4.69) is 6.07 Å². The molecule has 12 heavy (non-hydrogen) atoms. The van der Waals surface area contributed by atoms with Crippen LogP contribution in [0.1, 0.15) is 20.3 Å². The molecule has 0 spiro atoms. The van der Waals surface area contributed by atoms with Gasteiger partial charge < -0.3 is 4.74 Å². The lowest BCUT2D eigenvalue weighted by Crippen LogP contribution is -2.30. The summed E-state index contributed by atoms with van der Waals surface area (Å²) in [5.41, 5.74) is -0.0796. The van der Waals surface area contributed by atoms with E-state index >= 15 is 0 Å². The molecule has 0 amide bonds. The summed E-state index contributed by atoms with van der Waals surface area (Å²) in [6.45, 7) is 5.48. The van der Waals surface area contributed by atoms with E-state index in [-0.39, 0.29) is 5.60 Å². The number of rotatable bonds is 5. The van der Waals surface area contributed by atoms with Gasteiger partial charge in [-0.05, 0) is 27.3 Å². The minimum atomic E-state index is -0.0796. The maximum atomic E-state index is 8.40. The Morgan fingerprint density at radius 1 is 1.50 bits per heavy atom. The van der Waals surface area contributed by atoms with Gasteiger partial charge in [0.25, 0.3) is 0 Å². The van der Waals surface area contributed by atoms with E-state index in [1.807, 2.05) is 25.8 Å². The molecule has 0 N–H and O–H groups in total. The maximum Gasteiger partial charge on any atom is 0.0863 e. The van der Waals surface area contributed by atoms with Crippen LogP contribution in [0.5, 0.6) is 0 Å². The lowest BCUT2D eigenvalue weighted by atomic mass is 10.1. The first-order valence-corrected chi connectivity index (χ1v) is 4.12. The summed E-state index contributed by atoms with van der Waals surface area (Å²) in [6.07, 6.45) is 0.946. The minimum absolute atomic E-state index is 0.0796. The summed E-state index contributed by atoms with van der Waals surface area (Å²) in [4.78, 5) is 1.99. The second-order valence-corrected chi connectivity index (χ2v) is 3.61. The van der Waals surface area contributed by atoms with Crippen LogP contribution in [0.15, 0.2) is 0 Å². The summed E-state index contributed by atoms with van der Waals surface area (Å²) < 4.78 is 5.26. The molecule has 70 valence electrons. The molecule has 3 heteroatoms. The molecule has 0 aromatic heterocycles. The van der Waals surface area contributed by atoms with Crippen LogP contribution in [0, 0.1) is 11.3 Å². The molecule has 0 fully saturated rings. The molecule has 0 bridgehead atoms. The van der Waals surface area contributed by atoms with Crippen LogP contribution in [0.4, 0.5) is 0 Å². The Hall–Kier alpha value is -0.590. The molecule has 0 aliphatic carbocycles. The molecule has 0 aromatic carbocycles. The van der Waals surface area contributed by atoms with Crippen LogP contribution >= 0.6 is 0 Å². The highest BCUT2D eigenvalue weighted by Gasteiger charge is 2.16. The number of methoxy groups -OCH3 is 1. The van der Waals surface area contributed by atoms with E-state index in [0.717, 1.165) is 13.0 Å². The van der Waals surface area contributed by atoms with Crippen molar-refractivity contribution in [3.63, 3.8) is 0 Å². The van der Waals surface area contributed by atoms with E-state index in [9.17, 15) is 0 Å². The third-order valence-corrected chi connectivity index (χ3v) is 1.99. The van der Waals surface area contributed by atoms with Crippen molar-refractivity contribution < 1.29 is 4.74 Å². The summed E-state index contributed by atoms with van der Waals surface area (Å²) in [5, 5.41) is 8.40. The molecule has 0 saturated carbocycles. The molecule has 0 heterocycles. The van der Waals surface area contributed by atoms with Crippen molar-refractivity contribution in [1.82, 2.24) is 4.90 Å². The van der Waals surface area contributed by atoms with E-state index in [4.69, 9.17) is 10.00 Å². The van der Waals surface area contributed by atoms with Crippen LogP contribution in [0.2, 0.25) is 0 Å². The zero-order valence-electron chi connectivity index (χ0n) is 8.42. The first kappa shape index (κ1) is 11.4. The van der Waals surface area contributed by atoms with Crippen molar-refractivity contribution >= 4 is 0 Å². The Morgan fingerprint density at radius 3 is 2.50 bits per heavy atom. The number of nitriles is 1. The Kier molecular flexibility index (Phi) is 4.87. The van der Waals surface area contributed by atoms with Gasteiger partial charge in [0.1, 0.15) is 0 Å². The van der Waals surface area contributed by atoms with Gasteiger partial charge >= 0.3 is 0 Å². The van der Waals surface area contributed by atoms with Crippen LogP contribution in [-0.4, -0.2) is 37.7 Å². The van der Waals surface area contributed by atoms with Gasteiger partial charge in [0.2, 0.25) is 0 Å². The lowest BCUT2D eigenvalue weighted by molar-refractivity contribution is 0.00986. The monoisotopic (exact) mass is 170 g/mol. The van der Waals surface area contributed by atoms with Crippen LogP contribution in [-0.2, 0) is 4.74 Å². The van der Waals surface area contributed by atoms with Crippen molar-refractivity contribution in [2.45, 2.75) is 25.9 Å². The van der Waals surface area contributed by atoms with Gasteiger partial charge in [0.15, 0.2) is 0 Å². The van der Waals surface area contributed by atoms with Gasteiger partial charge in [-0.15, -0.1) is 0 Å². The third kappa shape index (κ3) is 5.11. The lowest BCUT2D eigenvalue weighted by Gasteiger charge is -2.25. The zero-order chi connectivity index (χ0) is 9.61. The summed E-state index contributed by atoms with van der Waals surface area (Å²) in [7, 11) is 3.65. The smallest absolute Gasteiger partial charge is 0.0863 e. The van der Waals surface area contributed by atoms with E-state index in [0.29, 0.717) is 6.54 Å². The quantitative estimate of drug-likeness (QED) is 0.583. The molecule has 3 nitrogen and oxygen atoms in total. The molecule has 0 atom stereocenters. The summed E-state index contributed by atoms with van der Waals surface area (Å²) >= 11 is 0.